The van der Waals surface area contributed by atoms with Crippen LogP contribution >= 0.6 is 23.2 Å². The lowest BCUT2D eigenvalue weighted by atomic mass is 10.0. The molecule has 1 heterocycles. The maximum Gasteiger partial charge on any atom is 0.153 e. The number of nitrogens with zero attached hydrogens (tertiary/aromatic N) is 1. The zero-order valence-corrected chi connectivity index (χ0v) is 12.2. The van der Waals surface area contributed by atoms with E-state index < -0.39 is 5.82 Å². The molecule has 0 saturated carbocycles. The van der Waals surface area contributed by atoms with Gasteiger partial charge >= 0.3 is 0 Å². The molecule has 0 unspecified atom stereocenters. The highest BCUT2D eigenvalue weighted by Crippen LogP contribution is 2.40. The SMILES string of the molecule is Nc1n[nH]c(-c2ccccc2Cl)c1-c1ccc(F)cc1Cl. The van der Waals surface area contributed by atoms with Gasteiger partial charge in [0.05, 0.1) is 16.3 Å². The van der Waals surface area contributed by atoms with Crippen molar-refractivity contribution >= 4 is 29.0 Å². The van der Waals surface area contributed by atoms with Crippen LogP contribution in [-0.2, 0) is 0 Å². The van der Waals surface area contributed by atoms with Crippen LogP contribution in [0.2, 0.25) is 10.0 Å². The fourth-order valence-electron chi connectivity index (χ4n) is 2.18. The maximum absolute atomic E-state index is 13.2. The van der Waals surface area contributed by atoms with Crippen molar-refractivity contribution in [2.24, 2.45) is 0 Å². The fraction of sp³-hybridized carbons (Fsp3) is 0. The number of nitrogens with one attached hydrogen (secondary N) is 1. The molecule has 0 amide bonds. The van der Waals surface area contributed by atoms with Crippen LogP contribution in [0.4, 0.5) is 10.2 Å². The van der Waals surface area contributed by atoms with Crippen LogP contribution in [0, 0.1) is 5.82 Å². The molecule has 0 atom stereocenters. The zero-order valence-electron chi connectivity index (χ0n) is 10.7. The molecule has 0 aliphatic carbocycles. The number of aromatic nitrogens is 2. The van der Waals surface area contributed by atoms with Crippen molar-refractivity contribution in [3.8, 4) is 22.4 Å². The lowest BCUT2D eigenvalue weighted by molar-refractivity contribution is 0.628. The summed E-state index contributed by atoms with van der Waals surface area (Å²) in [6.07, 6.45) is 0. The number of nitrogen functional groups attached to an aromatic ring is 1. The van der Waals surface area contributed by atoms with E-state index in [9.17, 15) is 4.39 Å². The third-order valence-electron chi connectivity index (χ3n) is 3.14. The van der Waals surface area contributed by atoms with E-state index in [2.05, 4.69) is 10.2 Å². The molecule has 3 aromatic rings. The Morgan fingerprint density at radius 2 is 1.76 bits per heavy atom. The first kappa shape index (κ1) is 13.9. The van der Waals surface area contributed by atoms with Crippen molar-refractivity contribution in [3.05, 3.63) is 58.3 Å². The van der Waals surface area contributed by atoms with E-state index in [1.807, 2.05) is 18.2 Å². The first-order valence-corrected chi connectivity index (χ1v) is 6.87. The largest absolute Gasteiger partial charge is 0.382 e. The molecule has 0 saturated heterocycles. The first-order valence-electron chi connectivity index (χ1n) is 6.12. The quantitative estimate of drug-likeness (QED) is 0.714. The highest BCUT2D eigenvalue weighted by molar-refractivity contribution is 6.34. The summed E-state index contributed by atoms with van der Waals surface area (Å²) >= 11 is 12.3. The first-order chi connectivity index (χ1) is 10.1. The Labute approximate surface area is 130 Å². The number of nitrogens with two attached hydrogens (primary N) is 1. The number of rotatable bonds is 2. The predicted octanol–water partition coefficient (Wildman–Crippen LogP) is 4.77. The summed E-state index contributed by atoms with van der Waals surface area (Å²) in [5.41, 5.74) is 8.53. The number of hydrogen-bond acceptors (Lipinski definition) is 2. The van der Waals surface area contributed by atoms with Gasteiger partial charge < -0.3 is 5.73 Å². The van der Waals surface area contributed by atoms with Crippen molar-refractivity contribution in [1.82, 2.24) is 10.2 Å². The molecule has 0 aliphatic heterocycles. The summed E-state index contributed by atoms with van der Waals surface area (Å²) in [6.45, 7) is 0. The molecule has 21 heavy (non-hydrogen) atoms. The molecule has 3 N–H and O–H groups in total. The lowest BCUT2D eigenvalue weighted by Crippen LogP contribution is -1.90. The zero-order chi connectivity index (χ0) is 15.0. The smallest absolute Gasteiger partial charge is 0.153 e. The van der Waals surface area contributed by atoms with E-state index >= 15 is 0 Å². The Hall–Kier alpha value is -2.04. The molecular formula is C15H10Cl2FN3. The normalized spacial score (nSPS) is 10.8. The maximum atomic E-state index is 13.2. The molecule has 0 fully saturated rings. The van der Waals surface area contributed by atoms with Gasteiger partial charge in [0.25, 0.3) is 0 Å². The number of H-pyrrole nitrogens is 1. The van der Waals surface area contributed by atoms with Gasteiger partial charge in [-0.05, 0) is 24.3 Å². The standard InChI is InChI=1S/C15H10Cl2FN3/c16-11-4-2-1-3-10(11)14-13(15(19)21-20-14)9-6-5-8(18)7-12(9)17/h1-7H,(H3,19,20,21). The van der Waals surface area contributed by atoms with Crippen LogP contribution in [-0.4, -0.2) is 10.2 Å². The minimum atomic E-state index is -0.412. The van der Waals surface area contributed by atoms with Crippen molar-refractivity contribution in [2.75, 3.05) is 5.73 Å². The Morgan fingerprint density at radius 1 is 1.00 bits per heavy atom. The molecule has 0 bridgehead atoms. The van der Waals surface area contributed by atoms with Gasteiger partial charge in [-0.15, -0.1) is 0 Å². The third-order valence-corrected chi connectivity index (χ3v) is 3.78. The van der Waals surface area contributed by atoms with E-state index in [1.54, 1.807) is 12.1 Å². The minimum absolute atomic E-state index is 0.261. The van der Waals surface area contributed by atoms with Gasteiger partial charge in [0.1, 0.15) is 5.82 Å². The summed E-state index contributed by atoms with van der Waals surface area (Å²) in [4.78, 5) is 0. The van der Waals surface area contributed by atoms with Gasteiger partial charge in [0.2, 0.25) is 0 Å². The van der Waals surface area contributed by atoms with Gasteiger partial charge in [-0.25, -0.2) is 4.39 Å². The molecule has 1 aromatic heterocycles. The number of halogens is 3. The molecule has 0 spiro atoms. The van der Waals surface area contributed by atoms with E-state index in [1.165, 1.54) is 12.1 Å². The molecule has 6 heteroatoms. The Bertz CT molecular complexity index is 814. The van der Waals surface area contributed by atoms with Crippen molar-refractivity contribution < 1.29 is 4.39 Å². The molecule has 106 valence electrons. The van der Waals surface area contributed by atoms with E-state index in [-0.39, 0.29) is 10.8 Å². The molecule has 3 rings (SSSR count). The third kappa shape index (κ3) is 2.48. The van der Waals surface area contributed by atoms with Gasteiger partial charge in [0.15, 0.2) is 5.82 Å². The molecule has 0 radical (unpaired) electrons. The van der Waals surface area contributed by atoms with Crippen LogP contribution in [0.15, 0.2) is 42.5 Å². The van der Waals surface area contributed by atoms with Gasteiger partial charge in [0, 0.05) is 16.1 Å². The van der Waals surface area contributed by atoms with Gasteiger partial charge in [-0.3, -0.25) is 5.10 Å². The molecule has 3 nitrogen and oxygen atoms in total. The van der Waals surface area contributed by atoms with E-state index in [4.69, 9.17) is 28.9 Å². The topological polar surface area (TPSA) is 54.7 Å². The Kier molecular flexibility index (Phi) is 3.57. The number of benzene rings is 2. The summed E-state index contributed by atoms with van der Waals surface area (Å²) in [6, 6.07) is 11.4. The van der Waals surface area contributed by atoms with Crippen LogP contribution in [0.5, 0.6) is 0 Å². The monoisotopic (exact) mass is 321 g/mol. The number of aromatic amines is 1. The van der Waals surface area contributed by atoms with Gasteiger partial charge in [-0.2, -0.15) is 5.10 Å². The lowest BCUT2D eigenvalue weighted by Gasteiger charge is -2.08. The van der Waals surface area contributed by atoms with Crippen LogP contribution in [0.25, 0.3) is 22.4 Å². The molecule has 0 aliphatic rings. The second-order valence-electron chi connectivity index (χ2n) is 4.46. The Balaban J connectivity index is 2.25. The summed E-state index contributed by atoms with van der Waals surface area (Å²) in [5, 5.41) is 7.69. The van der Waals surface area contributed by atoms with Crippen molar-refractivity contribution in [2.45, 2.75) is 0 Å². The average molecular weight is 322 g/mol. The average Bonchev–Trinajstić information content (AvgIpc) is 2.81. The van der Waals surface area contributed by atoms with Gasteiger partial charge in [-0.1, -0.05) is 41.4 Å². The second-order valence-corrected chi connectivity index (χ2v) is 5.28. The van der Waals surface area contributed by atoms with Crippen LogP contribution < -0.4 is 5.73 Å². The highest BCUT2D eigenvalue weighted by Gasteiger charge is 2.18. The minimum Gasteiger partial charge on any atom is -0.382 e. The van der Waals surface area contributed by atoms with E-state index in [0.29, 0.717) is 21.8 Å². The predicted molar refractivity (Wildman–Crippen MR) is 83.9 cm³/mol. The van der Waals surface area contributed by atoms with Crippen molar-refractivity contribution in [3.63, 3.8) is 0 Å². The fourth-order valence-corrected chi connectivity index (χ4v) is 2.67. The highest BCUT2D eigenvalue weighted by atomic mass is 35.5. The Morgan fingerprint density at radius 3 is 2.48 bits per heavy atom. The van der Waals surface area contributed by atoms with Crippen LogP contribution in [0.1, 0.15) is 0 Å². The summed E-state index contributed by atoms with van der Waals surface area (Å²) in [5.74, 6) is -0.136. The van der Waals surface area contributed by atoms with Crippen LogP contribution in [0.3, 0.4) is 0 Å². The summed E-state index contributed by atoms with van der Waals surface area (Å²) in [7, 11) is 0. The summed E-state index contributed by atoms with van der Waals surface area (Å²) < 4.78 is 13.2. The number of hydrogen-bond donors (Lipinski definition) is 2. The van der Waals surface area contributed by atoms with E-state index in [0.717, 1.165) is 5.56 Å². The van der Waals surface area contributed by atoms with Crippen molar-refractivity contribution in [1.29, 1.82) is 0 Å². The second kappa shape index (κ2) is 5.39. The molecular weight excluding hydrogens is 312 g/mol. The molecule has 2 aromatic carbocycles. The number of anilines is 1.